The summed E-state index contributed by atoms with van der Waals surface area (Å²) in [6.45, 7) is 0.505. The maximum atomic E-state index is 14.1. The molecule has 160 valence electrons. The molecular weight excluding hydrogens is 411 g/mol. The van der Waals surface area contributed by atoms with E-state index in [1.54, 1.807) is 24.3 Å². The minimum Gasteiger partial charge on any atom is -0.354 e. The van der Waals surface area contributed by atoms with Crippen molar-refractivity contribution in [3.8, 4) is 0 Å². The van der Waals surface area contributed by atoms with Crippen molar-refractivity contribution < 1.29 is 14.0 Å². The molecule has 1 heterocycles. The molecule has 31 heavy (non-hydrogen) atoms. The van der Waals surface area contributed by atoms with Gasteiger partial charge in [0, 0.05) is 17.0 Å². The number of hydrogen-bond acceptors (Lipinski definition) is 3. The van der Waals surface area contributed by atoms with Gasteiger partial charge in [0.15, 0.2) is 0 Å². The Kier molecular flexibility index (Phi) is 6.87. The predicted octanol–water partition coefficient (Wildman–Crippen LogP) is 5.31. The van der Waals surface area contributed by atoms with E-state index in [2.05, 4.69) is 11.4 Å². The van der Waals surface area contributed by atoms with Crippen LogP contribution in [-0.2, 0) is 9.59 Å². The number of benzene rings is 2. The Morgan fingerprint density at radius 2 is 1.94 bits per heavy atom. The number of amides is 2. The Bertz CT molecular complexity index is 1050. The van der Waals surface area contributed by atoms with Crippen LogP contribution in [0.2, 0.25) is 0 Å². The Labute approximate surface area is 186 Å². The molecule has 0 atom stereocenters. The molecule has 1 N–H and O–H groups in total. The lowest BCUT2D eigenvalue weighted by molar-refractivity contribution is -0.122. The van der Waals surface area contributed by atoms with E-state index in [1.165, 1.54) is 41.1 Å². The molecule has 1 aliphatic heterocycles. The van der Waals surface area contributed by atoms with Crippen molar-refractivity contribution in [2.75, 3.05) is 18.0 Å². The van der Waals surface area contributed by atoms with E-state index in [9.17, 15) is 14.0 Å². The summed E-state index contributed by atoms with van der Waals surface area (Å²) in [5, 5.41) is 2.94. The number of para-hydroxylation sites is 1. The van der Waals surface area contributed by atoms with Gasteiger partial charge in [-0.1, -0.05) is 53.7 Å². The largest absolute Gasteiger partial charge is 0.354 e. The predicted molar refractivity (Wildman–Crippen MR) is 123 cm³/mol. The number of anilines is 1. The van der Waals surface area contributed by atoms with Gasteiger partial charge in [-0.25, -0.2) is 4.39 Å². The first-order valence-corrected chi connectivity index (χ1v) is 11.4. The lowest BCUT2D eigenvalue weighted by Gasteiger charge is -2.29. The summed E-state index contributed by atoms with van der Waals surface area (Å²) in [6.07, 6.45) is 9.37. The molecule has 2 amide bonds. The van der Waals surface area contributed by atoms with Crippen LogP contribution in [0.25, 0.3) is 6.08 Å². The van der Waals surface area contributed by atoms with Crippen LogP contribution in [0, 0.1) is 5.82 Å². The van der Waals surface area contributed by atoms with Gasteiger partial charge >= 0.3 is 0 Å². The average Bonchev–Trinajstić information content (AvgIpc) is 2.79. The van der Waals surface area contributed by atoms with E-state index in [0.29, 0.717) is 22.7 Å². The molecule has 0 fully saturated rings. The third kappa shape index (κ3) is 5.25. The van der Waals surface area contributed by atoms with Crippen LogP contribution in [0.1, 0.15) is 37.7 Å². The maximum absolute atomic E-state index is 14.1. The van der Waals surface area contributed by atoms with Gasteiger partial charge in [-0.15, -0.1) is 0 Å². The Hall–Kier alpha value is -2.86. The molecule has 0 radical (unpaired) electrons. The molecule has 0 bridgehead atoms. The molecule has 4 nitrogen and oxygen atoms in total. The van der Waals surface area contributed by atoms with Crippen molar-refractivity contribution in [2.45, 2.75) is 37.0 Å². The number of nitrogens with zero attached hydrogens (tertiary/aromatic N) is 1. The lowest BCUT2D eigenvalue weighted by Crippen LogP contribution is -2.43. The molecule has 0 unspecified atom stereocenters. The fourth-order valence-corrected chi connectivity index (χ4v) is 4.90. The van der Waals surface area contributed by atoms with Crippen LogP contribution in [0.4, 0.5) is 10.1 Å². The van der Waals surface area contributed by atoms with Gasteiger partial charge < -0.3 is 5.32 Å². The molecule has 6 heteroatoms. The first-order valence-electron chi connectivity index (χ1n) is 10.6. The van der Waals surface area contributed by atoms with Crippen molar-refractivity contribution in [1.29, 1.82) is 0 Å². The van der Waals surface area contributed by atoms with Crippen LogP contribution < -0.4 is 10.2 Å². The number of allylic oxidation sites excluding steroid dienone is 1. The number of hydrogen-bond donors (Lipinski definition) is 1. The second-order valence-electron chi connectivity index (χ2n) is 7.70. The van der Waals surface area contributed by atoms with Crippen molar-refractivity contribution in [3.05, 3.63) is 76.5 Å². The Morgan fingerprint density at radius 3 is 2.74 bits per heavy atom. The molecule has 2 aromatic carbocycles. The molecule has 4 rings (SSSR count). The van der Waals surface area contributed by atoms with Crippen LogP contribution in [0.3, 0.4) is 0 Å². The highest BCUT2D eigenvalue weighted by molar-refractivity contribution is 8.04. The first kappa shape index (κ1) is 21.4. The molecule has 2 aromatic rings. The quantitative estimate of drug-likeness (QED) is 0.493. The van der Waals surface area contributed by atoms with E-state index in [-0.39, 0.29) is 24.2 Å². The molecule has 0 aromatic heterocycles. The molecule has 2 aliphatic rings. The van der Waals surface area contributed by atoms with Crippen molar-refractivity contribution in [1.82, 2.24) is 5.32 Å². The van der Waals surface area contributed by atoms with Gasteiger partial charge in [-0.3, -0.25) is 14.5 Å². The Morgan fingerprint density at radius 1 is 1.13 bits per heavy atom. The molecule has 1 aliphatic carbocycles. The fourth-order valence-electron chi connectivity index (χ4n) is 3.85. The number of fused-ring (bicyclic) bond motifs is 1. The normalized spacial score (nSPS) is 17.3. The summed E-state index contributed by atoms with van der Waals surface area (Å²) in [5.74, 6) is -0.877. The number of carbonyl (C=O) groups is 2. The zero-order valence-corrected chi connectivity index (χ0v) is 18.1. The second kappa shape index (κ2) is 9.96. The Balaban J connectivity index is 1.49. The van der Waals surface area contributed by atoms with Crippen LogP contribution in [-0.4, -0.2) is 24.9 Å². The van der Waals surface area contributed by atoms with Crippen molar-refractivity contribution in [2.24, 2.45) is 0 Å². The van der Waals surface area contributed by atoms with E-state index in [4.69, 9.17) is 0 Å². The first-order chi connectivity index (χ1) is 15.1. The number of thioether (sulfide) groups is 1. The van der Waals surface area contributed by atoms with Crippen LogP contribution >= 0.6 is 11.8 Å². The van der Waals surface area contributed by atoms with E-state index in [0.717, 1.165) is 24.2 Å². The van der Waals surface area contributed by atoms with Crippen molar-refractivity contribution >= 4 is 35.3 Å². The minimum absolute atomic E-state index is 0.0654. The second-order valence-corrected chi connectivity index (χ2v) is 8.78. The summed E-state index contributed by atoms with van der Waals surface area (Å²) < 4.78 is 14.1. The molecule has 0 saturated carbocycles. The number of nitrogens with one attached hydrogen (secondary N) is 1. The zero-order chi connectivity index (χ0) is 21.6. The van der Waals surface area contributed by atoms with Gasteiger partial charge in [0.25, 0.3) is 5.91 Å². The standard InChI is InChI=1S/C25H25FN2O2S/c26-20-11-5-4-10-19(20)16-23-25(30)28(21-12-6-7-13-22(21)31-23)17-24(29)27-15-14-18-8-2-1-3-9-18/h4-8,10-13,16H,1-3,9,14-15,17H2,(H,27,29)/b23-16-. The number of carbonyl (C=O) groups excluding carboxylic acids is 2. The van der Waals surface area contributed by atoms with Gasteiger partial charge in [0.1, 0.15) is 12.4 Å². The molecular formula is C25H25FN2O2S. The fraction of sp³-hybridized carbons (Fsp3) is 0.280. The molecule has 0 saturated heterocycles. The van der Waals surface area contributed by atoms with Crippen LogP contribution in [0.5, 0.6) is 0 Å². The highest BCUT2D eigenvalue weighted by Crippen LogP contribution is 2.42. The summed E-state index contributed by atoms with van der Waals surface area (Å²) in [6, 6.07) is 13.8. The number of rotatable bonds is 6. The highest BCUT2D eigenvalue weighted by atomic mass is 32.2. The minimum atomic E-state index is -0.386. The average molecular weight is 437 g/mol. The summed E-state index contributed by atoms with van der Waals surface area (Å²) in [4.78, 5) is 28.5. The molecule has 0 spiro atoms. The van der Waals surface area contributed by atoms with Gasteiger partial charge in [0.05, 0.1) is 10.6 Å². The zero-order valence-electron chi connectivity index (χ0n) is 17.3. The third-order valence-corrected chi connectivity index (χ3v) is 6.56. The summed E-state index contributed by atoms with van der Waals surface area (Å²) in [7, 11) is 0. The van der Waals surface area contributed by atoms with E-state index >= 15 is 0 Å². The van der Waals surface area contributed by atoms with Gasteiger partial charge in [-0.2, -0.15) is 0 Å². The summed E-state index contributed by atoms with van der Waals surface area (Å²) in [5.41, 5.74) is 2.45. The topological polar surface area (TPSA) is 49.4 Å². The lowest BCUT2D eigenvalue weighted by atomic mass is 9.97. The van der Waals surface area contributed by atoms with Crippen LogP contribution in [0.15, 0.2) is 70.0 Å². The SMILES string of the molecule is O=C(CN1C(=O)/C(=C/c2ccccc2F)Sc2ccccc21)NCCC1=CCCCC1. The van der Waals surface area contributed by atoms with Gasteiger partial charge in [0.2, 0.25) is 5.91 Å². The third-order valence-electron chi connectivity index (χ3n) is 5.48. The maximum Gasteiger partial charge on any atom is 0.265 e. The van der Waals surface area contributed by atoms with E-state index in [1.807, 2.05) is 24.3 Å². The number of halogens is 1. The smallest absolute Gasteiger partial charge is 0.265 e. The monoisotopic (exact) mass is 436 g/mol. The van der Waals surface area contributed by atoms with Crippen molar-refractivity contribution in [3.63, 3.8) is 0 Å². The van der Waals surface area contributed by atoms with Gasteiger partial charge in [-0.05, 0) is 56.4 Å². The summed E-state index contributed by atoms with van der Waals surface area (Å²) >= 11 is 1.30. The van der Waals surface area contributed by atoms with E-state index < -0.39 is 0 Å². The highest BCUT2D eigenvalue weighted by Gasteiger charge is 2.30.